The molecule has 28 heavy (non-hydrogen) atoms. The molecule has 7 heteroatoms. The van der Waals surface area contributed by atoms with Crippen LogP contribution >= 0.6 is 11.8 Å². The number of thioether (sulfide) groups is 1. The van der Waals surface area contributed by atoms with Gasteiger partial charge in [0, 0.05) is 11.4 Å². The van der Waals surface area contributed by atoms with Crippen LogP contribution in [0.25, 0.3) is 10.8 Å². The summed E-state index contributed by atoms with van der Waals surface area (Å²) in [6.07, 6.45) is 0. The molecule has 3 aromatic rings. The molecule has 0 fully saturated rings. The molecule has 6 nitrogen and oxygen atoms in total. The van der Waals surface area contributed by atoms with Gasteiger partial charge in [-0.2, -0.15) is 5.10 Å². The van der Waals surface area contributed by atoms with Crippen molar-refractivity contribution in [3.05, 3.63) is 59.4 Å². The standard InChI is InChI=1S/C21H22N4O2S/c1-13-9-14(2)23-21(22-13)28-12-20(26)25-24-15(3)16-5-6-18-11-19(27-4)8-7-17(18)10-16/h5-11H,12H2,1-4H3,(H,25,26)/b24-15+. The van der Waals surface area contributed by atoms with Gasteiger partial charge in [-0.25, -0.2) is 15.4 Å². The number of nitrogens with zero attached hydrogens (tertiary/aromatic N) is 3. The van der Waals surface area contributed by atoms with Crippen molar-refractivity contribution in [1.29, 1.82) is 0 Å². The van der Waals surface area contributed by atoms with Gasteiger partial charge in [0.1, 0.15) is 5.75 Å². The highest BCUT2D eigenvalue weighted by Crippen LogP contribution is 2.22. The second kappa shape index (κ2) is 8.84. The first-order chi connectivity index (χ1) is 13.4. The summed E-state index contributed by atoms with van der Waals surface area (Å²) in [6.45, 7) is 5.68. The molecule has 0 atom stereocenters. The summed E-state index contributed by atoms with van der Waals surface area (Å²) >= 11 is 1.29. The maximum atomic E-state index is 12.1. The quantitative estimate of drug-likeness (QED) is 0.297. The van der Waals surface area contributed by atoms with Crippen molar-refractivity contribution >= 4 is 34.2 Å². The van der Waals surface area contributed by atoms with Crippen LogP contribution in [0.2, 0.25) is 0 Å². The first kappa shape index (κ1) is 19.8. The van der Waals surface area contributed by atoms with E-state index >= 15 is 0 Å². The smallest absolute Gasteiger partial charge is 0.250 e. The zero-order chi connectivity index (χ0) is 20.1. The van der Waals surface area contributed by atoms with E-state index in [2.05, 4.69) is 20.5 Å². The number of carbonyl (C=O) groups excluding carboxylic acids is 1. The lowest BCUT2D eigenvalue weighted by Crippen LogP contribution is -2.21. The molecule has 0 spiro atoms. The summed E-state index contributed by atoms with van der Waals surface area (Å²) in [5.74, 6) is 0.831. The van der Waals surface area contributed by atoms with Crippen molar-refractivity contribution in [3.63, 3.8) is 0 Å². The van der Waals surface area contributed by atoms with Crippen molar-refractivity contribution in [1.82, 2.24) is 15.4 Å². The maximum Gasteiger partial charge on any atom is 0.250 e. The highest BCUT2D eigenvalue weighted by atomic mass is 32.2. The number of nitrogens with one attached hydrogen (secondary N) is 1. The van der Waals surface area contributed by atoms with Gasteiger partial charge in [-0.3, -0.25) is 4.79 Å². The Morgan fingerprint density at radius 1 is 1.07 bits per heavy atom. The van der Waals surface area contributed by atoms with Crippen LogP contribution in [0.5, 0.6) is 5.75 Å². The zero-order valence-corrected chi connectivity index (χ0v) is 17.1. The Bertz CT molecular complexity index is 1030. The minimum Gasteiger partial charge on any atom is -0.497 e. The largest absolute Gasteiger partial charge is 0.497 e. The predicted molar refractivity (Wildman–Crippen MR) is 113 cm³/mol. The van der Waals surface area contributed by atoms with Crippen molar-refractivity contribution in [2.24, 2.45) is 5.10 Å². The van der Waals surface area contributed by atoms with E-state index in [-0.39, 0.29) is 11.7 Å². The molecular weight excluding hydrogens is 372 g/mol. The van der Waals surface area contributed by atoms with Crippen LogP contribution in [-0.4, -0.2) is 34.4 Å². The number of amides is 1. The highest BCUT2D eigenvalue weighted by Gasteiger charge is 2.07. The molecule has 144 valence electrons. The number of methoxy groups -OCH3 is 1. The first-order valence-electron chi connectivity index (χ1n) is 8.81. The summed E-state index contributed by atoms with van der Waals surface area (Å²) in [5, 5.41) is 6.99. The fourth-order valence-corrected chi connectivity index (χ4v) is 3.45. The van der Waals surface area contributed by atoms with E-state index in [1.165, 1.54) is 11.8 Å². The number of carbonyl (C=O) groups is 1. The zero-order valence-electron chi connectivity index (χ0n) is 16.3. The predicted octanol–water partition coefficient (Wildman–Crippen LogP) is 3.89. The summed E-state index contributed by atoms with van der Waals surface area (Å²) in [6, 6.07) is 13.8. The Morgan fingerprint density at radius 3 is 2.46 bits per heavy atom. The molecule has 2 aromatic carbocycles. The molecule has 0 saturated carbocycles. The van der Waals surface area contributed by atoms with E-state index in [4.69, 9.17) is 4.74 Å². The van der Waals surface area contributed by atoms with E-state index in [9.17, 15) is 4.79 Å². The Hall–Kier alpha value is -2.93. The topological polar surface area (TPSA) is 76.5 Å². The minimum atomic E-state index is -0.197. The number of hydrogen-bond acceptors (Lipinski definition) is 6. The van der Waals surface area contributed by atoms with Gasteiger partial charge in [0.05, 0.1) is 18.6 Å². The molecule has 0 aliphatic carbocycles. The Morgan fingerprint density at radius 2 is 1.75 bits per heavy atom. The molecule has 0 bridgehead atoms. The fraction of sp³-hybridized carbons (Fsp3) is 0.238. The van der Waals surface area contributed by atoms with Crippen LogP contribution in [0.15, 0.2) is 52.7 Å². The van der Waals surface area contributed by atoms with Gasteiger partial charge in [-0.05, 0) is 61.4 Å². The molecule has 0 saturated heterocycles. The number of hydrazone groups is 1. The molecule has 1 amide bonds. The molecule has 0 unspecified atom stereocenters. The number of aryl methyl sites for hydroxylation is 2. The lowest BCUT2D eigenvalue weighted by atomic mass is 10.0. The number of benzene rings is 2. The first-order valence-corrected chi connectivity index (χ1v) is 9.79. The number of ether oxygens (including phenoxy) is 1. The van der Waals surface area contributed by atoms with E-state index in [0.29, 0.717) is 5.16 Å². The third-order valence-corrected chi connectivity index (χ3v) is 4.95. The van der Waals surface area contributed by atoms with E-state index < -0.39 is 0 Å². The van der Waals surface area contributed by atoms with Crippen LogP contribution in [0.4, 0.5) is 0 Å². The molecular formula is C21H22N4O2S. The summed E-state index contributed by atoms with van der Waals surface area (Å²) in [5.41, 5.74) is 6.06. The highest BCUT2D eigenvalue weighted by molar-refractivity contribution is 7.99. The van der Waals surface area contributed by atoms with Crippen LogP contribution < -0.4 is 10.2 Å². The minimum absolute atomic E-state index is 0.197. The van der Waals surface area contributed by atoms with Crippen molar-refractivity contribution in [3.8, 4) is 5.75 Å². The Labute approximate surface area is 168 Å². The summed E-state index contributed by atoms with van der Waals surface area (Å²) in [7, 11) is 1.65. The molecule has 1 aromatic heterocycles. The van der Waals surface area contributed by atoms with Gasteiger partial charge in [0.15, 0.2) is 5.16 Å². The van der Waals surface area contributed by atoms with Crippen molar-refractivity contribution < 1.29 is 9.53 Å². The van der Waals surface area contributed by atoms with Crippen molar-refractivity contribution in [2.75, 3.05) is 12.9 Å². The van der Waals surface area contributed by atoms with Crippen LogP contribution in [-0.2, 0) is 4.79 Å². The Balaban J connectivity index is 1.63. The van der Waals surface area contributed by atoms with Crippen LogP contribution in [0, 0.1) is 13.8 Å². The third kappa shape index (κ3) is 5.07. The van der Waals surface area contributed by atoms with E-state index in [0.717, 1.165) is 39.2 Å². The number of fused-ring (bicyclic) bond motifs is 1. The molecule has 0 aliphatic rings. The number of hydrogen-bond donors (Lipinski definition) is 1. The summed E-state index contributed by atoms with van der Waals surface area (Å²) < 4.78 is 5.25. The fourth-order valence-electron chi connectivity index (χ4n) is 2.71. The van der Waals surface area contributed by atoms with Gasteiger partial charge in [0.25, 0.3) is 5.91 Å². The lowest BCUT2D eigenvalue weighted by Gasteiger charge is -2.06. The second-order valence-corrected chi connectivity index (χ2v) is 7.32. The molecule has 0 radical (unpaired) electrons. The van der Waals surface area contributed by atoms with Gasteiger partial charge in [-0.1, -0.05) is 30.0 Å². The van der Waals surface area contributed by atoms with Crippen LogP contribution in [0.1, 0.15) is 23.9 Å². The monoisotopic (exact) mass is 394 g/mol. The maximum absolute atomic E-state index is 12.1. The second-order valence-electron chi connectivity index (χ2n) is 6.38. The average Bonchev–Trinajstić information content (AvgIpc) is 2.68. The lowest BCUT2D eigenvalue weighted by molar-refractivity contribution is -0.118. The number of rotatable bonds is 6. The average molecular weight is 395 g/mol. The van der Waals surface area contributed by atoms with E-state index in [1.54, 1.807) is 7.11 Å². The molecule has 1 N–H and O–H groups in total. The van der Waals surface area contributed by atoms with Gasteiger partial charge in [0.2, 0.25) is 0 Å². The molecule has 1 heterocycles. The van der Waals surface area contributed by atoms with Crippen molar-refractivity contribution in [2.45, 2.75) is 25.9 Å². The SMILES string of the molecule is COc1ccc2cc(/C(C)=N/NC(=O)CSc3nc(C)cc(C)n3)ccc2c1. The molecule has 0 aliphatic heterocycles. The third-order valence-electron chi connectivity index (χ3n) is 4.11. The molecule has 3 rings (SSSR count). The summed E-state index contributed by atoms with van der Waals surface area (Å²) in [4.78, 5) is 20.7. The van der Waals surface area contributed by atoms with Gasteiger partial charge in [-0.15, -0.1) is 0 Å². The van der Waals surface area contributed by atoms with Crippen LogP contribution in [0.3, 0.4) is 0 Å². The van der Waals surface area contributed by atoms with E-state index in [1.807, 2.05) is 63.2 Å². The van der Waals surface area contributed by atoms with Gasteiger partial charge < -0.3 is 4.74 Å². The number of aromatic nitrogens is 2. The normalized spacial score (nSPS) is 11.5. The Kier molecular flexibility index (Phi) is 6.26. The van der Waals surface area contributed by atoms with Gasteiger partial charge >= 0.3 is 0 Å².